The maximum atomic E-state index is 6.03. The average Bonchev–Trinajstić information content (AvgIpc) is 2.82. The van der Waals surface area contributed by atoms with Crippen LogP contribution in [-0.4, -0.2) is 28.5 Å². The number of aromatic nitrogens is 2. The van der Waals surface area contributed by atoms with Gasteiger partial charge in [-0.2, -0.15) is 5.10 Å². The smallest absolute Gasteiger partial charge is 0.399 e. The summed E-state index contributed by atoms with van der Waals surface area (Å²) in [5.74, 6) is 0. The third kappa shape index (κ3) is 1.83. The zero-order valence-electron chi connectivity index (χ0n) is 11.7. The van der Waals surface area contributed by atoms with Gasteiger partial charge >= 0.3 is 7.12 Å². The molecule has 0 aliphatic carbocycles. The van der Waals surface area contributed by atoms with Gasteiger partial charge in [-0.05, 0) is 45.3 Å². The van der Waals surface area contributed by atoms with Gasteiger partial charge in [0.15, 0.2) is 0 Å². The van der Waals surface area contributed by atoms with Gasteiger partial charge in [-0.25, -0.2) is 0 Å². The number of fused-ring (bicyclic) bond motifs is 1. The Morgan fingerprint density at radius 3 is 2.42 bits per heavy atom. The lowest BCUT2D eigenvalue weighted by molar-refractivity contribution is 0.00578. The van der Waals surface area contributed by atoms with Crippen molar-refractivity contribution < 1.29 is 9.31 Å². The Morgan fingerprint density at radius 2 is 1.79 bits per heavy atom. The van der Waals surface area contributed by atoms with E-state index in [2.05, 4.69) is 10.2 Å². The van der Waals surface area contributed by atoms with Crippen LogP contribution in [-0.2, 0) is 9.31 Å². The zero-order chi connectivity index (χ0) is 13.8. The minimum Gasteiger partial charge on any atom is -0.399 e. The number of anilines is 1. The molecule has 19 heavy (non-hydrogen) atoms. The van der Waals surface area contributed by atoms with Crippen LogP contribution >= 0.6 is 0 Å². The van der Waals surface area contributed by atoms with Crippen LogP contribution in [0.2, 0.25) is 0 Å². The van der Waals surface area contributed by atoms with E-state index in [1.54, 1.807) is 6.20 Å². The molecule has 0 bridgehead atoms. The molecule has 1 aromatic heterocycles. The van der Waals surface area contributed by atoms with E-state index < -0.39 is 7.12 Å². The molecule has 1 aliphatic heterocycles. The maximum absolute atomic E-state index is 6.03. The Hall–Kier alpha value is -1.53. The molecule has 0 spiro atoms. The summed E-state index contributed by atoms with van der Waals surface area (Å²) in [4.78, 5) is 0. The molecular formula is C13H18BN3O2. The highest BCUT2D eigenvalue weighted by atomic mass is 16.7. The highest BCUT2D eigenvalue weighted by molar-refractivity contribution is 6.62. The van der Waals surface area contributed by atoms with E-state index in [9.17, 15) is 0 Å². The van der Waals surface area contributed by atoms with Gasteiger partial charge in [-0.3, -0.25) is 5.10 Å². The first kappa shape index (κ1) is 12.5. The van der Waals surface area contributed by atoms with E-state index in [0.717, 1.165) is 16.4 Å². The summed E-state index contributed by atoms with van der Waals surface area (Å²) in [5, 5.41) is 7.84. The predicted molar refractivity (Wildman–Crippen MR) is 76.2 cm³/mol. The van der Waals surface area contributed by atoms with Crippen LogP contribution in [0.4, 0.5) is 5.69 Å². The number of nitrogens with zero attached hydrogens (tertiary/aromatic N) is 1. The molecule has 3 rings (SSSR count). The lowest BCUT2D eigenvalue weighted by atomic mass is 9.78. The Bertz CT molecular complexity index is 620. The number of nitrogen functional groups attached to an aromatic ring is 1. The fourth-order valence-electron chi connectivity index (χ4n) is 2.22. The summed E-state index contributed by atoms with van der Waals surface area (Å²) < 4.78 is 12.0. The molecule has 3 N–H and O–H groups in total. The minimum atomic E-state index is -0.403. The highest BCUT2D eigenvalue weighted by Gasteiger charge is 2.51. The number of aromatic amines is 1. The van der Waals surface area contributed by atoms with E-state index in [4.69, 9.17) is 15.0 Å². The van der Waals surface area contributed by atoms with Crippen LogP contribution < -0.4 is 11.2 Å². The lowest BCUT2D eigenvalue weighted by Crippen LogP contribution is -2.41. The second-order valence-electron chi connectivity index (χ2n) is 6.03. The topological polar surface area (TPSA) is 73.2 Å². The SMILES string of the molecule is CC1(C)OB(c2cc(N)c3cn[nH]c3c2)OC1(C)C. The summed E-state index contributed by atoms with van der Waals surface area (Å²) in [6.45, 7) is 8.13. The maximum Gasteiger partial charge on any atom is 0.494 e. The van der Waals surface area contributed by atoms with E-state index in [1.165, 1.54) is 0 Å². The second kappa shape index (κ2) is 3.74. The van der Waals surface area contributed by atoms with Crippen LogP contribution in [0.1, 0.15) is 27.7 Å². The van der Waals surface area contributed by atoms with Gasteiger partial charge in [0.05, 0.1) is 22.9 Å². The minimum absolute atomic E-state index is 0.352. The molecule has 2 aromatic rings. The number of benzene rings is 1. The van der Waals surface area contributed by atoms with E-state index >= 15 is 0 Å². The summed E-state index contributed by atoms with van der Waals surface area (Å²) >= 11 is 0. The Balaban J connectivity index is 2.02. The number of rotatable bonds is 1. The van der Waals surface area contributed by atoms with Crippen molar-refractivity contribution in [2.24, 2.45) is 0 Å². The number of H-pyrrole nitrogens is 1. The average molecular weight is 259 g/mol. The molecular weight excluding hydrogens is 241 g/mol. The molecule has 1 aliphatic rings. The first-order chi connectivity index (χ1) is 8.80. The molecule has 0 amide bonds. The zero-order valence-corrected chi connectivity index (χ0v) is 11.7. The molecule has 0 unspecified atom stereocenters. The van der Waals surface area contributed by atoms with Gasteiger partial charge < -0.3 is 15.0 Å². The predicted octanol–water partition coefficient (Wildman–Crippen LogP) is 1.44. The number of hydrogen-bond donors (Lipinski definition) is 2. The van der Waals surface area contributed by atoms with Gasteiger partial charge in [-0.1, -0.05) is 0 Å². The molecule has 0 atom stereocenters. The van der Waals surface area contributed by atoms with Crippen molar-refractivity contribution in [2.45, 2.75) is 38.9 Å². The summed E-state index contributed by atoms with van der Waals surface area (Å²) in [6.07, 6.45) is 1.72. The fraction of sp³-hybridized carbons (Fsp3) is 0.462. The second-order valence-corrected chi connectivity index (χ2v) is 6.03. The van der Waals surface area contributed by atoms with Gasteiger partial charge in [-0.15, -0.1) is 0 Å². The monoisotopic (exact) mass is 259 g/mol. The molecule has 1 fully saturated rings. The van der Waals surface area contributed by atoms with Crippen molar-refractivity contribution in [1.82, 2.24) is 10.2 Å². The van der Waals surface area contributed by atoms with Crippen LogP contribution in [0, 0.1) is 0 Å². The Kier molecular flexibility index (Phi) is 2.46. The highest BCUT2D eigenvalue weighted by Crippen LogP contribution is 2.36. The normalized spacial score (nSPS) is 21.2. The van der Waals surface area contributed by atoms with Crippen molar-refractivity contribution in [3.8, 4) is 0 Å². The quantitative estimate of drug-likeness (QED) is 0.600. The first-order valence-corrected chi connectivity index (χ1v) is 6.38. The number of nitrogens with one attached hydrogen (secondary N) is 1. The number of hydrogen-bond acceptors (Lipinski definition) is 4. The standard InChI is InChI=1S/C13H18BN3O2/c1-12(2)13(3,4)19-14(18-12)8-5-10(15)9-7-16-17-11(9)6-8/h5-7H,15H2,1-4H3,(H,16,17). The Morgan fingerprint density at radius 1 is 1.16 bits per heavy atom. The van der Waals surface area contributed by atoms with Gasteiger partial charge in [0.2, 0.25) is 0 Å². The molecule has 5 nitrogen and oxygen atoms in total. The molecule has 2 heterocycles. The van der Waals surface area contributed by atoms with Gasteiger partial charge in [0, 0.05) is 11.1 Å². The molecule has 1 aromatic carbocycles. The molecule has 6 heteroatoms. The fourth-order valence-corrected chi connectivity index (χ4v) is 2.22. The summed E-state index contributed by atoms with van der Waals surface area (Å²) in [5.41, 5.74) is 7.81. The molecule has 100 valence electrons. The van der Waals surface area contributed by atoms with Crippen molar-refractivity contribution >= 4 is 29.2 Å². The third-order valence-corrected chi connectivity index (χ3v) is 4.14. The summed E-state index contributed by atoms with van der Waals surface area (Å²) in [7, 11) is -0.403. The van der Waals surface area contributed by atoms with Crippen LogP contribution in [0.25, 0.3) is 10.9 Å². The molecule has 1 saturated heterocycles. The Labute approximate surface area is 112 Å². The van der Waals surface area contributed by atoms with Gasteiger partial charge in [0.25, 0.3) is 0 Å². The molecule has 0 radical (unpaired) electrons. The largest absolute Gasteiger partial charge is 0.494 e. The molecule has 0 saturated carbocycles. The van der Waals surface area contributed by atoms with Gasteiger partial charge in [0.1, 0.15) is 0 Å². The first-order valence-electron chi connectivity index (χ1n) is 6.38. The van der Waals surface area contributed by atoms with Crippen molar-refractivity contribution in [1.29, 1.82) is 0 Å². The van der Waals surface area contributed by atoms with Crippen LogP contribution in [0.5, 0.6) is 0 Å². The summed E-state index contributed by atoms with van der Waals surface area (Å²) in [6, 6.07) is 3.86. The van der Waals surface area contributed by atoms with Crippen molar-refractivity contribution in [3.05, 3.63) is 18.3 Å². The van der Waals surface area contributed by atoms with Crippen molar-refractivity contribution in [2.75, 3.05) is 5.73 Å². The van der Waals surface area contributed by atoms with Crippen LogP contribution in [0.3, 0.4) is 0 Å². The van der Waals surface area contributed by atoms with Crippen molar-refractivity contribution in [3.63, 3.8) is 0 Å². The lowest BCUT2D eigenvalue weighted by Gasteiger charge is -2.32. The number of nitrogens with two attached hydrogens (primary N) is 1. The van der Waals surface area contributed by atoms with Crippen LogP contribution in [0.15, 0.2) is 18.3 Å². The van der Waals surface area contributed by atoms with E-state index in [0.29, 0.717) is 5.69 Å². The van der Waals surface area contributed by atoms with E-state index in [-0.39, 0.29) is 11.2 Å². The third-order valence-electron chi connectivity index (χ3n) is 4.14. The van der Waals surface area contributed by atoms with E-state index in [1.807, 2.05) is 39.8 Å².